The van der Waals surface area contributed by atoms with Crippen LogP contribution in [0, 0.1) is 13.8 Å². The Morgan fingerprint density at radius 2 is 1.58 bits per heavy atom. The number of anilines is 3. The van der Waals surface area contributed by atoms with E-state index in [2.05, 4.69) is 35.9 Å². The molecule has 0 aliphatic heterocycles. The highest BCUT2D eigenvalue weighted by Crippen LogP contribution is 2.19. The smallest absolute Gasteiger partial charge is 0.255 e. The van der Waals surface area contributed by atoms with Gasteiger partial charge in [-0.2, -0.15) is 5.10 Å². The second-order valence-corrected chi connectivity index (χ2v) is 7.53. The largest absolute Gasteiger partial charge is 0.339 e. The third kappa shape index (κ3) is 4.38. The molecule has 9 heteroatoms. The Balaban J connectivity index is 1.24. The van der Waals surface area contributed by atoms with Crippen molar-refractivity contribution in [1.82, 2.24) is 29.9 Å². The van der Waals surface area contributed by atoms with Gasteiger partial charge in [-0.3, -0.25) is 14.8 Å². The first-order valence-corrected chi connectivity index (χ1v) is 10.3. The van der Waals surface area contributed by atoms with Gasteiger partial charge in [-0.25, -0.2) is 4.68 Å². The van der Waals surface area contributed by atoms with Crippen molar-refractivity contribution in [3.05, 3.63) is 90.0 Å². The average Bonchev–Trinajstić information content (AvgIpc) is 3.18. The summed E-state index contributed by atoms with van der Waals surface area (Å²) in [5.74, 6) is 1.05. The fraction of sp³-hybridized carbons (Fsp3) is 0.0833. The molecule has 5 aromatic rings. The lowest BCUT2D eigenvalue weighted by molar-refractivity contribution is 0.102. The number of nitrogens with one attached hydrogen (secondary N) is 2. The Hall–Kier alpha value is -4.66. The van der Waals surface area contributed by atoms with Crippen LogP contribution < -0.4 is 10.6 Å². The zero-order chi connectivity index (χ0) is 22.8. The highest BCUT2D eigenvalue weighted by Gasteiger charge is 2.09. The van der Waals surface area contributed by atoms with Gasteiger partial charge >= 0.3 is 0 Å². The molecule has 0 radical (unpaired) electrons. The van der Waals surface area contributed by atoms with E-state index >= 15 is 0 Å². The van der Waals surface area contributed by atoms with Gasteiger partial charge in [-0.1, -0.05) is 0 Å². The van der Waals surface area contributed by atoms with Gasteiger partial charge in [0.2, 0.25) is 0 Å². The molecule has 0 atom stereocenters. The second kappa shape index (κ2) is 8.46. The molecule has 3 aromatic heterocycles. The Morgan fingerprint density at radius 3 is 2.27 bits per heavy atom. The number of hydrogen-bond acceptors (Lipinski definition) is 7. The van der Waals surface area contributed by atoms with Crippen LogP contribution in [0.4, 0.5) is 17.2 Å². The molecule has 33 heavy (non-hydrogen) atoms. The third-order valence-corrected chi connectivity index (χ3v) is 5.02. The minimum absolute atomic E-state index is 0.214. The molecular weight excluding hydrogens is 416 g/mol. The van der Waals surface area contributed by atoms with E-state index in [0.717, 1.165) is 22.6 Å². The number of fused-ring (bicyclic) bond motifs is 1. The van der Waals surface area contributed by atoms with E-state index in [1.165, 1.54) is 0 Å². The molecule has 3 heterocycles. The number of aromatic nitrogens is 6. The Kier molecular flexibility index (Phi) is 5.19. The molecule has 0 saturated heterocycles. The highest BCUT2D eigenvalue weighted by molar-refractivity contribution is 6.05. The summed E-state index contributed by atoms with van der Waals surface area (Å²) in [6.45, 7) is 3.91. The number of aryl methyl sites for hydroxylation is 2. The summed E-state index contributed by atoms with van der Waals surface area (Å²) in [6, 6.07) is 18.3. The maximum atomic E-state index is 12.6. The Bertz CT molecular complexity index is 1440. The third-order valence-electron chi connectivity index (χ3n) is 5.02. The van der Waals surface area contributed by atoms with E-state index in [9.17, 15) is 4.79 Å². The van der Waals surface area contributed by atoms with Gasteiger partial charge in [-0.05, 0) is 74.5 Å². The highest BCUT2D eigenvalue weighted by atomic mass is 16.1. The van der Waals surface area contributed by atoms with Crippen molar-refractivity contribution in [3.63, 3.8) is 0 Å². The molecule has 0 spiro atoms. The molecule has 0 unspecified atom stereocenters. The molecule has 0 saturated carbocycles. The van der Waals surface area contributed by atoms with E-state index in [4.69, 9.17) is 0 Å². The van der Waals surface area contributed by atoms with Crippen LogP contribution in [0.2, 0.25) is 0 Å². The summed E-state index contributed by atoms with van der Waals surface area (Å²) in [4.78, 5) is 21.1. The normalized spacial score (nSPS) is 10.8. The molecule has 0 aliphatic carbocycles. The second-order valence-electron chi connectivity index (χ2n) is 7.53. The number of carbonyl (C=O) groups excluding carboxylic acids is 1. The van der Waals surface area contributed by atoms with Crippen molar-refractivity contribution in [1.29, 1.82) is 0 Å². The standard InChI is InChI=1S/C24H20N8O/c1-15-13-16(2)32(31-15)23-10-9-22(29-30-23)27-18-4-6-19(7-5-18)28-24(33)17-3-8-20-21(14-17)26-12-11-25-20/h3-14H,1-2H3,(H,27,29)(H,28,33). The van der Waals surface area contributed by atoms with Crippen molar-refractivity contribution < 1.29 is 4.79 Å². The van der Waals surface area contributed by atoms with E-state index in [0.29, 0.717) is 28.4 Å². The van der Waals surface area contributed by atoms with Crippen molar-refractivity contribution in [2.75, 3.05) is 10.6 Å². The minimum Gasteiger partial charge on any atom is -0.339 e. The molecule has 5 rings (SSSR count). The van der Waals surface area contributed by atoms with Gasteiger partial charge in [0, 0.05) is 35.0 Å². The zero-order valence-corrected chi connectivity index (χ0v) is 18.0. The van der Waals surface area contributed by atoms with E-state index in [-0.39, 0.29) is 5.91 Å². The monoisotopic (exact) mass is 436 g/mol. The van der Waals surface area contributed by atoms with Gasteiger partial charge in [0.05, 0.1) is 16.7 Å². The summed E-state index contributed by atoms with van der Waals surface area (Å²) in [7, 11) is 0. The summed E-state index contributed by atoms with van der Waals surface area (Å²) >= 11 is 0. The maximum absolute atomic E-state index is 12.6. The van der Waals surface area contributed by atoms with Crippen molar-refractivity contribution in [2.45, 2.75) is 13.8 Å². The molecule has 2 N–H and O–H groups in total. The van der Waals surface area contributed by atoms with E-state index < -0.39 is 0 Å². The Labute approximate surface area is 189 Å². The quantitative estimate of drug-likeness (QED) is 0.424. The number of hydrogen-bond donors (Lipinski definition) is 2. The van der Waals surface area contributed by atoms with Crippen molar-refractivity contribution in [3.8, 4) is 5.82 Å². The fourth-order valence-corrected chi connectivity index (χ4v) is 3.46. The molecule has 2 aromatic carbocycles. The molecule has 0 bridgehead atoms. The number of amides is 1. The van der Waals surface area contributed by atoms with Gasteiger partial charge in [0.15, 0.2) is 11.6 Å². The van der Waals surface area contributed by atoms with Crippen LogP contribution in [0.5, 0.6) is 0 Å². The van der Waals surface area contributed by atoms with Gasteiger partial charge in [-0.15, -0.1) is 10.2 Å². The van der Waals surface area contributed by atoms with Gasteiger partial charge < -0.3 is 10.6 Å². The van der Waals surface area contributed by atoms with Crippen LogP contribution in [0.25, 0.3) is 16.9 Å². The van der Waals surface area contributed by atoms with Crippen LogP contribution in [-0.2, 0) is 0 Å². The van der Waals surface area contributed by atoms with Crippen LogP contribution in [0.15, 0.2) is 73.1 Å². The SMILES string of the molecule is Cc1cc(C)n(-c2ccc(Nc3ccc(NC(=O)c4ccc5nccnc5c4)cc3)nn2)n1. The summed E-state index contributed by atoms with van der Waals surface area (Å²) in [5, 5.41) is 19.0. The van der Waals surface area contributed by atoms with Gasteiger partial charge in [0.25, 0.3) is 5.91 Å². The predicted octanol–water partition coefficient (Wildman–Crippen LogP) is 4.22. The summed E-state index contributed by atoms with van der Waals surface area (Å²) in [6.07, 6.45) is 3.23. The van der Waals surface area contributed by atoms with E-state index in [1.807, 2.05) is 56.3 Å². The summed E-state index contributed by atoms with van der Waals surface area (Å²) in [5.41, 5.74) is 5.36. The van der Waals surface area contributed by atoms with Crippen LogP contribution >= 0.6 is 0 Å². The molecule has 0 aliphatic rings. The lowest BCUT2D eigenvalue weighted by Crippen LogP contribution is -2.11. The maximum Gasteiger partial charge on any atom is 0.255 e. The lowest BCUT2D eigenvalue weighted by atomic mass is 10.1. The van der Waals surface area contributed by atoms with E-state index in [1.54, 1.807) is 35.3 Å². The first kappa shape index (κ1) is 20.3. The number of carbonyl (C=O) groups is 1. The predicted molar refractivity (Wildman–Crippen MR) is 126 cm³/mol. The first-order chi connectivity index (χ1) is 16.0. The fourth-order valence-electron chi connectivity index (χ4n) is 3.46. The van der Waals surface area contributed by atoms with Crippen LogP contribution in [0.3, 0.4) is 0 Å². The molecule has 9 nitrogen and oxygen atoms in total. The molecular formula is C24H20N8O. The number of nitrogens with zero attached hydrogens (tertiary/aromatic N) is 6. The topological polar surface area (TPSA) is 111 Å². The average molecular weight is 436 g/mol. The zero-order valence-electron chi connectivity index (χ0n) is 18.0. The summed E-state index contributed by atoms with van der Waals surface area (Å²) < 4.78 is 1.76. The molecule has 1 amide bonds. The van der Waals surface area contributed by atoms with Crippen LogP contribution in [0.1, 0.15) is 21.7 Å². The number of rotatable bonds is 5. The van der Waals surface area contributed by atoms with Crippen LogP contribution in [-0.4, -0.2) is 35.9 Å². The van der Waals surface area contributed by atoms with Gasteiger partial charge in [0.1, 0.15) is 0 Å². The Morgan fingerprint density at radius 1 is 0.818 bits per heavy atom. The minimum atomic E-state index is -0.214. The molecule has 162 valence electrons. The van der Waals surface area contributed by atoms with Crippen molar-refractivity contribution in [2.24, 2.45) is 0 Å². The first-order valence-electron chi connectivity index (χ1n) is 10.3. The lowest BCUT2D eigenvalue weighted by Gasteiger charge is -2.09. The number of benzene rings is 2. The molecule has 0 fully saturated rings. The van der Waals surface area contributed by atoms with Crippen molar-refractivity contribution >= 4 is 34.1 Å².